The maximum Gasteiger partial charge on any atom is 0.264 e. The van der Waals surface area contributed by atoms with E-state index in [1.165, 1.54) is 10.8 Å². The van der Waals surface area contributed by atoms with Crippen LogP contribution >= 0.6 is 0 Å². The smallest absolute Gasteiger partial charge is 0.264 e. The van der Waals surface area contributed by atoms with E-state index in [2.05, 4.69) is 63.0 Å². The molecule has 2 aromatic rings. The van der Waals surface area contributed by atoms with E-state index in [1.807, 2.05) is 24.4 Å². The summed E-state index contributed by atoms with van der Waals surface area (Å²) in [7, 11) is -1.79. The SMILES string of the molecule is CC(C)(C)[Si](C)(C)OC#CCc1nccc2ccccc12. The number of nitrogens with zero attached hydrogens (tertiary/aromatic N) is 1. The van der Waals surface area contributed by atoms with Gasteiger partial charge in [-0.2, -0.15) is 0 Å². The first-order valence-corrected chi connectivity index (χ1v) is 10.2. The van der Waals surface area contributed by atoms with Gasteiger partial charge >= 0.3 is 0 Å². The van der Waals surface area contributed by atoms with E-state index in [-0.39, 0.29) is 5.04 Å². The Kier molecular flexibility index (Phi) is 4.39. The lowest BCUT2D eigenvalue weighted by atomic mass is 10.1. The molecule has 2 nitrogen and oxygen atoms in total. The molecule has 1 heterocycles. The second-order valence-electron chi connectivity index (χ2n) is 6.80. The second-order valence-corrected chi connectivity index (χ2v) is 11.5. The lowest BCUT2D eigenvalue weighted by molar-refractivity contribution is 0.460. The minimum Gasteiger partial charge on any atom is -0.500 e. The summed E-state index contributed by atoms with van der Waals surface area (Å²) in [4.78, 5) is 4.44. The Bertz CT molecular complexity index is 684. The third kappa shape index (κ3) is 3.65. The van der Waals surface area contributed by atoms with Crippen molar-refractivity contribution >= 4 is 19.1 Å². The zero-order valence-electron chi connectivity index (χ0n) is 13.5. The first-order chi connectivity index (χ1) is 9.81. The standard InChI is InChI=1S/C18H23NOSi/c1-18(2,3)21(4,5)20-14-8-11-17-16-10-7-6-9-15(16)12-13-19-17/h6-7,9-10,12-13H,11H2,1-5H3. The summed E-state index contributed by atoms with van der Waals surface area (Å²) in [5, 5.41) is 2.55. The monoisotopic (exact) mass is 297 g/mol. The van der Waals surface area contributed by atoms with Crippen LogP contribution in [0, 0.1) is 12.0 Å². The lowest BCUT2D eigenvalue weighted by Crippen LogP contribution is -2.39. The van der Waals surface area contributed by atoms with Crippen molar-refractivity contribution in [2.24, 2.45) is 0 Å². The van der Waals surface area contributed by atoms with Crippen LogP contribution in [0.25, 0.3) is 10.8 Å². The topological polar surface area (TPSA) is 22.1 Å². The Morgan fingerprint density at radius 3 is 2.57 bits per heavy atom. The maximum atomic E-state index is 5.88. The van der Waals surface area contributed by atoms with Gasteiger partial charge in [-0.3, -0.25) is 4.98 Å². The van der Waals surface area contributed by atoms with Crippen molar-refractivity contribution in [2.75, 3.05) is 0 Å². The number of pyridine rings is 1. The number of fused-ring (bicyclic) bond motifs is 1. The molecule has 0 bridgehead atoms. The summed E-state index contributed by atoms with van der Waals surface area (Å²) < 4.78 is 5.88. The van der Waals surface area contributed by atoms with E-state index in [1.54, 1.807) is 0 Å². The summed E-state index contributed by atoms with van der Waals surface area (Å²) in [5.74, 6) is 3.12. The van der Waals surface area contributed by atoms with Crippen molar-refractivity contribution in [3.63, 3.8) is 0 Å². The summed E-state index contributed by atoms with van der Waals surface area (Å²) in [6.07, 6.45) is 5.38. The lowest BCUT2D eigenvalue weighted by Gasteiger charge is -2.33. The highest BCUT2D eigenvalue weighted by Gasteiger charge is 2.38. The van der Waals surface area contributed by atoms with Gasteiger partial charge in [0.25, 0.3) is 8.32 Å². The van der Waals surface area contributed by atoms with Crippen LogP contribution in [0.3, 0.4) is 0 Å². The van der Waals surface area contributed by atoms with Gasteiger partial charge in [0, 0.05) is 11.6 Å². The largest absolute Gasteiger partial charge is 0.500 e. The first-order valence-electron chi connectivity index (χ1n) is 7.30. The molecule has 21 heavy (non-hydrogen) atoms. The van der Waals surface area contributed by atoms with E-state index in [4.69, 9.17) is 4.43 Å². The number of benzene rings is 1. The van der Waals surface area contributed by atoms with Crippen molar-refractivity contribution in [1.82, 2.24) is 4.98 Å². The molecular weight excluding hydrogens is 274 g/mol. The highest BCUT2D eigenvalue weighted by Crippen LogP contribution is 2.36. The van der Waals surface area contributed by atoms with Gasteiger partial charge < -0.3 is 4.43 Å². The van der Waals surface area contributed by atoms with Crippen molar-refractivity contribution in [3.8, 4) is 12.0 Å². The van der Waals surface area contributed by atoms with Gasteiger partial charge in [-0.05, 0) is 29.6 Å². The van der Waals surface area contributed by atoms with E-state index < -0.39 is 8.32 Å². The first kappa shape index (κ1) is 15.6. The Labute approximate surface area is 128 Å². The molecule has 1 aromatic carbocycles. The van der Waals surface area contributed by atoms with Crippen LogP contribution in [0.5, 0.6) is 0 Å². The summed E-state index contributed by atoms with van der Waals surface area (Å²) in [6, 6.07) is 10.3. The average Bonchev–Trinajstić information content (AvgIpc) is 2.42. The zero-order valence-corrected chi connectivity index (χ0v) is 14.5. The van der Waals surface area contributed by atoms with E-state index in [0.717, 1.165) is 5.69 Å². The van der Waals surface area contributed by atoms with Crippen molar-refractivity contribution in [3.05, 3.63) is 42.2 Å². The van der Waals surface area contributed by atoms with Crippen molar-refractivity contribution in [1.29, 1.82) is 0 Å². The quantitative estimate of drug-likeness (QED) is 0.589. The maximum absolute atomic E-state index is 5.88. The Morgan fingerprint density at radius 2 is 1.86 bits per heavy atom. The number of hydrogen-bond acceptors (Lipinski definition) is 2. The third-order valence-corrected chi connectivity index (χ3v) is 8.42. The number of hydrogen-bond donors (Lipinski definition) is 0. The minimum absolute atomic E-state index is 0.180. The van der Waals surface area contributed by atoms with Gasteiger partial charge in [0.2, 0.25) is 0 Å². The van der Waals surface area contributed by atoms with Gasteiger partial charge in [-0.1, -0.05) is 51.0 Å². The number of aromatic nitrogens is 1. The molecule has 0 aliphatic rings. The molecule has 0 aliphatic heterocycles. The molecule has 0 fully saturated rings. The van der Waals surface area contributed by atoms with Crippen LogP contribution in [-0.4, -0.2) is 13.3 Å². The van der Waals surface area contributed by atoms with Crippen LogP contribution in [0.15, 0.2) is 36.5 Å². The molecule has 0 amide bonds. The van der Waals surface area contributed by atoms with Gasteiger partial charge in [0.1, 0.15) is 0 Å². The van der Waals surface area contributed by atoms with Crippen LogP contribution in [0.2, 0.25) is 18.1 Å². The molecular formula is C18H23NOSi. The predicted molar refractivity (Wildman–Crippen MR) is 91.5 cm³/mol. The molecule has 0 saturated heterocycles. The minimum atomic E-state index is -1.79. The molecule has 0 saturated carbocycles. The van der Waals surface area contributed by atoms with Crippen LogP contribution < -0.4 is 0 Å². The van der Waals surface area contributed by atoms with E-state index in [0.29, 0.717) is 6.42 Å². The van der Waals surface area contributed by atoms with E-state index >= 15 is 0 Å². The Balaban J connectivity index is 2.12. The third-order valence-electron chi connectivity index (χ3n) is 4.20. The predicted octanol–water partition coefficient (Wildman–Crippen LogP) is 4.76. The summed E-state index contributed by atoms with van der Waals surface area (Å²) >= 11 is 0. The normalized spacial score (nSPS) is 11.9. The molecule has 3 heteroatoms. The van der Waals surface area contributed by atoms with Gasteiger partial charge in [0.05, 0.1) is 18.2 Å². The van der Waals surface area contributed by atoms with Gasteiger partial charge in [0.15, 0.2) is 0 Å². The molecule has 1 aromatic heterocycles. The molecule has 110 valence electrons. The van der Waals surface area contributed by atoms with Crippen molar-refractivity contribution in [2.45, 2.75) is 45.3 Å². The molecule has 0 N–H and O–H groups in total. The zero-order chi connectivity index (χ0) is 15.5. The fraction of sp³-hybridized carbons (Fsp3) is 0.389. The summed E-state index contributed by atoms with van der Waals surface area (Å²) in [5.41, 5.74) is 1.01. The van der Waals surface area contributed by atoms with E-state index in [9.17, 15) is 0 Å². The van der Waals surface area contributed by atoms with Crippen LogP contribution in [-0.2, 0) is 10.8 Å². The highest BCUT2D eigenvalue weighted by atomic mass is 28.4. The molecule has 0 spiro atoms. The molecule has 0 radical (unpaired) electrons. The molecule has 2 rings (SSSR count). The van der Waals surface area contributed by atoms with Crippen LogP contribution in [0.1, 0.15) is 26.5 Å². The number of rotatable bonds is 2. The second kappa shape index (κ2) is 5.91. The average molecular weight is 297 g/mol. The summed E-state index contributed by atoms with van der Waals surface area (Å²) in [6.45, 7) is 11.1. The Hall–Kier alpha value is -1.79. The highest BCUT2D eigenvalue weighted by molar-refractivity contribution is 6.74. The Morgan fingerprint density at radius 1 is 1.14 bits per heavy atom. The van der Waals surface area contributed by atoms with Gasteiger partial charge in [-0.15, -0.1) is 0 Å². The molecule has 0 unspecified atom stereocenters. The van der Waals surface area contributed by atoms with Crippen LogP contribution in [0.4, 0.5) is 0 Å². The van der Waals surface area contributed by atoms with Gasteiger partial charge in [-0.25, -0.2) is 0 Å². The van der Waals surface area contributed by atoms with Crippen molar-refractivity contribution < 1.29 is 4.43 Å². The molecule has 0 aliphatic carbocycles. The fourth-order valence-corrected chi connectivity index (χ4v) is 2.39. The fourth-order valence-electron chi connectivity index (χ4n) is 1.76. The molecule has 0 atom stereocenters.